The third-order valence-electron chi connectivity index (χ3n) is 5.41. The fraction of sp³-hybridized carbons (Fsp3) is 0.611. The number of hydrogen-bond donors (Lipinski definition) is 0. The van der Waals surface area contributed by atoms with Crippen LogP contribution in [0.2, 0.25) is 0 Å². The molecule has 0 aliphatic carbocycles. The number of nitro benzene ring substituents is 1. The highest BCUT2D eigenvalue weighted by Gasteiger charge is 2.33. The number of rotatable bonds is 4. The summed E-state index contributed by atoms with van der Waals surface area (Å²) >= 11 is 0. The first-order valence-corrected chi connectivity index (χ1v) is 11.2. The number of hydrogen-bond acceptors (Lipinski definition) is 6. The Labute approximate surface area is 159 Å². The number of benzene rings is 1. The number of piperidine rings is 2. The van der Waals surface area contributed by atoms with Crippen LogP contribution < -0.4 is 4.90 Å². The van der Waals surface area contributed by atoms with Crippen LogP contribution in [-0.2, 0) is 14.6 Å². The van der Waals surface area contributed by atoms with Crippen molar-refractivity contribution < 1.29 is 18.1 Å². The highest BCUT2D eigenvalue weighted by Crippen LogP contribution is 2.36. The second-order valence-corrected chi connectivity index (χ2v) is 9.28. The summed E-state index contributed by atoms with van der Waals surface area (Å²) in [4.78, 5) is 27.1. The quantitative estimate of drug-likeness (QED) is 0.572. The normalized spacial score (nSPS) is 19.1. The van der Waals surface area contributed by atoms with Crippen molar-refractivity contribution in [2.75, 3.05) is 37.3 Å². The van der Waals surface area contributed by atoms with Gasteiger partial charge in [0.2, 0.25) is 5.91 Å². The van der Waals surface area contributed by atoms with Gasteiger partial charge in [-0.05, 0) is 44.2 Å². The molecule has 0 saturated carbocycles. The van der Waals surface area contributed by atoms with E-state index in [1.54, 1.807) is 6.07 Å². The predicted molar refractivity (Wildman–Crippen MR) is 102 cm³/mol. The lowest BCUT2D eigenvalue weighted by atomic mass is 9.94. The van der Waals surface area contributed by atoms with E-state index < -0.39 is 14.8 Å². The summed E-state index contributed by atoms with van der Waals surface area (Å²) in [5.41, 5.74) is -0.0624. The van der Waals surface area contributed by atoms with Crippen LogP contribution in [0.5, 0.6) is 0 Å². The Kier molecular flexibility index (Phi) is 5.69. The standard InChI is InChI=1S/C18H25N3O5S/c1-27(25,26)16-7-5-6-15(17(16)21(23)24)19-12-8-14(9-13-19)18(22)20-10-3-2-4-11-20/h5-7,14H,2-4,8-13H2,1H3. The third kappa shape index (κ3) is 4.23. The highest BCUT2D eigenvalue weighted by molar-refractivity contribution is 7.90. The largest absolute Gasteiger partial charge is 0.366 e. The Hall–Kier alpha value is -2.16. The third-order valence-corrected chi connectivity index (χ3v) is 6.54. The topological polar surface area (TPSA) is 101 Å². The van der Waals surface area contributed by atoms with E-state index in [1.807, 2.05) is 9.80 Å². The summed E-state index contributed by atoms with van der Waals surface area (Å²) in [6.45, 7) is 2.64. The molecule has 0 N–H and O–H groups in total. The van der Waals surface area contributed by atoms with Crippen molar-refractivity contribution in [3.8, 4) is 0 Å². The first kappa shape index (κ1) is 19.6. The number of anilines is 1. The lowest BCUT2D eigenvalue weighted by molar-refractivity contribution is -0.387. The Balaban J connectivity index is 1.76. The van der Waals surface area contributed by atoms with Gasteiger partial charge in [-0.15, -0.1) is 0 Å². The summed E-state index contributed by atoms with van der Waals surface area (Å²) in [6, 6.07) is 4.38. The molecule has 2 heterocycles. The monoisotopic (exact) mass is 395 g/mol. The molecule has 1 aromatic carbocycles. The minimum atomic E-state index is -3.71. The Morgan fingerprint density at radius 3 is 2.30 bits per heavy atom. The minimum Gasteiger partial charge on any atom is -0.366 e. The van der Waals surface area contributed by atoms with Gasteiger partial charge in [0.15, 0.2) is 9.84 Å². The van der Waals surface area contributed by atoms with E-state index in [1.165, 1.54) is 18.6 Å². The molecule has 0 bridgehead atoms. The molecule has 2 aliphatic heterocycles. The molecule has 0 aromatic heterocycles. The number of amides is 1. The van der Waals surface area contributed by atoms with Crippen molar-refractivity contribution in [1.82, 2.24) is 4.90 Å². The zero-order valence-electron chi connectivity index (χ0n) is 15.5. The van der Waals surface area contributed by atoms with Crippen molar-refractivity contribution in [3.63, 3.8) is 0 Å². The van der Waals surface area contributed by atoms with Crippen LogP contribution in [0.1, 0.15) is 32.1 Å². The number of sulfone groups is 1. The van der Waals surface area contributed by atoms with E-state index in [9.17, 15) is 23.3 Å². The maximum Gasteiger partial charge on any atom is 0.311 e. The molecule has 1 aromatic rings. The highest BCUT2D eigenvalue weighted by atomic mass is 32.2. The number of nitro groups is 1. The van der Waals surface area contributed by atoms with Crippen LogP contribution in [0, 0.1) is 16.0 Å². The van der Waals surface area contributed by atoms with Gasteiger partial charge in [0.1, 0.15) is 10.6 Å². The van der Waals surface area contributed by atoms with Crippen molar-refractivity contribution in [1.29, 1.82) is 0 Å². The van der Waals surface area contributed by atoms with Crippen LogP contribution in [0.3, 0.4) is 0 Å². The van der Waals surface area contributed by atoms with E-state index in [0.29, 0.717) is 31.6 Å². The van der Waals surface area contributed by atoms with Crippen LogP contribution in [0.25, 0.3) is 0 Å². The van der Waals surface area contributed by atoms with E-state index in [0.717, 1.165) is 32.2 Å². The van der Waals surface area contributed by atoms with Crippen LogP contribution in [-0.4, -0.2) is 56.6 Å². The van der Waals surface area contributed by atoms with E-state index in [-0.39, 0.29) is 22.4 Å². The molecule has 0 atom stereocenters. The first-order valence-electron chi connectivity index (χ1n) is 9.30. The van der Waals surface area contributed by atoms with Crippen molar-refractivity contribution in [2.45, 2.75) is 37.0 Å². The average molecular weight is 395 g/mol. The molecule has 27 heavy (non-hydrogen) atoms. The molecule has 9 heteroatoms. The van der Waals surface area contributed by atoms with E-state index in [2.05, 4.69) is 0 Å². The zero-order chi connectivity index (χ0) is 19.6. The van der Waals surface area contributed by atoms with Gasteiger partial charge in [0.05, 0.1) is 4.92 Å². The fourth-order valence-corrected chi connectivity index (χ4v) is 4.84. The van der Waals surface area contributed by atoms with Gasteiger partial charge in [-0.1, -0.05) is 6.07 Å². The Bertz CT molecular complexity index is 825. The molecule has 0 spiro atoms. The van der Waals surface area contributed by atoms with E-state index >= 15 is 0 Å². The molecule has 148 valence electrons. The molecule has 0 unspecified atom stereocenters. The summed E-state index contributed by atoms with van der Waals surface area (Å²) < 4.78 is 23.9. The molecule has 2 saturated heterocycles. The van der Waals surface area contributed by atoms with Crippen LogP contribution in [0.15, 0.2) is 23.1 Å². The fourth-order valence-electron chi connectivity index (χ4n) is 3.99. The molecular weight excluding hydrogens is 370 g/mol. The number of nitrogens with zero attached hydrogens (tertiary/aromatic N) is 3. The van der Waals surface area contributed by atoms with Crippen LogP contribution >= 0.6 is 0 Å². The summed E-state index contributed by atoms with van der Waals surface area (Å²) in [7, 11) is -3.71. The van der Waals surface area contributed by atoms with Crippen molar-refractivity contribution in [3.05, 3.63) is 28.3 Å². The lowest BCUT2D eigenvalue weighted by Crippen LogP contribution is -2.44. The number of carbonyl (C=O) groups is 1. The second-order valence-electron chi connectivity index (χ2n) is 7.30. The van der Waals surface area contributed by atoms with E-state index in [4.69, 9.17) is 0 Å². The number of likely N-dealkylation sites (tertiary alicyclic amines) is 1. The zero-order valence-corrected chi connectivity index (χ0v) is 16.3. The summed E-state index contributed by atoms with van der Waals surface area (Å²) in [6.07, 6.45) is 5.49. The van der Waals surface area contributed by atoms with Gasteiger partial charge in [-0.3, -0.25) is 14.9 Å². The molecule has 2 fully saturated rings. The molecule has 3 rings (SSSR count). The summed E-state index contributed by atoms with van der Waals surface area (Å²) in [5, 5.41) is 11.6. The maximum atomic E-state index is 12.7. The van der Waals surface area contributed by atoms with Crippen LogP contribution in [0.4, 0.5) is 11.4 Å². The van der Waals surface area contributed by atoms with Gasteiger partial charge in [0, 0.05) is 38.4 Å². The van der Waals surface area contributed by atoms with Crippen molar-refractivity contribution in [2.24, 2.45) is 5.92 Å². The van der Waals surface area contributed by atoms with Gasteiger partial charge in [-0.25, -0.2) is 8.42 Å². The van der Waals surface area contributed by atoms with Crippen molar-refractivity contribution >= 4 is 27.1 Å². The maximum absolute atomic E-state index is 12.7. The predicted octanol–water partition coefficient (Wildman–Crippen LogP) is 2.23. The Morgan fingerprint density at radius 2 is 1.74 bits per heavy atom. The summed E-state index contributed by atoms with van der Waals surface area (Å²) in [5.74, 6) is 0.130. The minimum absolute atomic E-state index is 0.0588. The molecule has 0 radical (unpaired) electrons. The van der Waals surface area contributed by atoms with Gasteiger partial charge >= 0.3 is 5.69 Å². The van der Waals surface area contributed by atoms with Gasteiger partial charge in [-0.2, -0.15) is 0 Å². The molecular formula is C18H25N3O5S. The van der Waals surface area contributed by atoms with Gasteiger partial charge in [0.25, 0.3) is 0 Å². The number of carbonyl (C=O) groups excluding carboxylic acids is 1. The Morgan fingerprint density at radius 1 is 1.11 bits per heavy atom. The molecule has 8 nitrogen and oxygen atoms in total. The number of para-hydroxylation sites is 1. The molecule has 2 aliphatic rings. The second kappa shape index (κ2) is 7.84. The SMILES string of the molecule is CS(=O)(=O)c1cccc(N2CCC(C(=O)N3CCCCC3)CC2)c1[N+](=O)[O-]. The average Bonchev–Trinajstić information content (AvgIpc) is 2.67. The first-order chi connectivity index (χ1) is 12.8. The molecule has 1 amide bonds. The lowest BCUT2D eigenvalue weighted by Gasteiger charge is -2.36. The smallest absolute Gasteiger partial charge is 0.311 e. The van der Waals surface area contributed by atoms with Gasteiger partial charge < -0.3 is 9.80 Å².